The molecule has 0 aromatic heterocycles. The molecule has 1 aromatic carbocycles. The molecular weight excluding hydrogens is 444 g/mol. The number of hydrogen-bond acceptors (Lipinski definition) is 9. The highest BCUT2D eigenvalue weighted by molar-refractivity contribution is 7.80. The molecule has 3 amide bonds. The van der Waals surface area contributed by atoms with Crippen LogP contribution in [0.5, 0.6) is 5.75 Å². The van der Waals surface area contributed by atoms with Gasteiger partial charge in [-0.15, -0.1) is 0 Å². The van der Waals surface area contributed by atoms with Crippen molar-refractivity contribution in [2.45, 2.75) is 43.6 Å². The number of carboxylic acid groups (broad SMARTS) is 1. The second-order valence-electron chi connectivity index (χ2n) is 7.03. The number of hydrogen-bond donors (Lipinski definition) is 9. The van der Waals surface area contributed by atoms with E-state index in [1.54, 1.807) is 12.1 Å². The van der Waals surface area contributed by atoms with Gasteiger partial charge >= 0.3 is 5.97 Å². The van der Waals surface area contributed by atoms with Gasteiger partial charge in [-0.1, -0.05) is 12.1 Å². The summed E-state index contributed by atoms with van der Waals surface area (Å²) in [5.41, 5.74) is 6.51. The minimum atomic E-state index is -1.53. The smallest absolute Gasteiger partial charge is 0.327 e. The Morgan fingerprint density at radius 3 is 2.03 bits per heavy atom. The van der Waals surface area contributed by atoms with E-state index in [1.165, 1.54) is 19.1 Å². The number of carboxylic acids is 1. The Hall–Kier alpha value is -2.87. The van der Waals surface area contributed by atoms with Crippen molar-refractivity contribution in [1.29, 1.82) is 0 Å². The highest BCUT2D eigenvalue weighted by Crippen LogP contribution is 2.11. The van der Waals surface area contributed by atoms with E-state index in [-0.39, 0.29) is 17.9 Å². The number of nitrogens with two attached hydrogens (primary N) is 1. The predicted molar refractivity (Wildman–Crippen MR) is 116 cm³/mol. The second-order valence-corrected chi connectivity index (χ2v) is 7.39. The molecule has 1 rings (SSSR count). The lowest BCUT2D eigenvalue weighted by atomic mass is 10.0. The number of carbonyl (C=O) groups excluding carboxylic acids is 3. The van der Waals surface area contributed by atoms with Gasteiger partial charge in [-0.05, 0) is 31.0 Å². The van der Waals surface area contributed by atoms with Gasteiger partial charge in [0.2, 0.25) is 17.7 Å². The quantitative estimate of drug-likeness (QED) is 0.143. The molecule has 32 heavy (non-hydrogen) atoms. The highest BCUT2D eigenvalue weighted by atomic mass is 32.1. The zero-order valence-corrected chi connectivity index (χ0v) is 18.2. The number of phenolic OH excluding ortho intramolecular Hbond substituents is 1. The summed E-state index contributed by atoms with van der Waals surface area (Å²) < 4.78 is 0. The van der Waals surface area contributed by atoms with Gasteiger partial charge in [0.1, 0.15) is 23.9 Å². The van der Waals surface area contributed by atoms with Crippen molar-refractivity contribution in [2.24, 2.45) is 5.73 Å². The van der Waals surface area contributed by atoms with Crippen molar-refractivity contribution in [1.82, 2.24) is 16.0 Å². The first-order chi connectivity index (χ1) is 15.0. The van der Waals surface area contributed by atoms with Crippen molar-refractivity contribution >= 4 is 36.3 Å². The Labute approximate surface area is 189 Å². The van der Waals surface area contributed by atoms with Crippen LogP contribution >= 0.6 is 12.6 Å². The van der Waals surface area contributed by atoms with Crippen molar-refractivity contribution in [3.63, 3.8) is 0 Å². The number of phenols is 1. The minimum Gasteiger partial charge on any atom is -0.508 e. The first kappa shape index (κ1) is 27.2. The van der Waals surface area contributed by atoms with Gasteiger partial charge in [-0.3, -0.25) is 14.4 Å². The van der Waals surface area contributed by atoms with E-state index in [4.69, 9.17) is 10.8 Å². The summed E-state index contributed by atoms with van der Waals surface area (Å²) in [5, 5.41) is 44.2. The van der Waals surface area contributed by atoms with Crippen LogP contribution in [0, 0.1) is 0 Å². The molecule has 0 radical (unpaired) electrons. The van der Waals surface area contributed by atoms with Crippen LogP contribution in [0.25, 0.3) is 0 Å². The molecule has 0 heterocycles. The van der Waals surface area contributed by atoms with Gasteiger partial charge in [0, 0.05) is 5.75 Å². The third-order valence-corrected chi connectivity index (χ3v) is 4.77. The van der Waals surface area contributed by atoms with E-state index in [9.17, 15) is 34.5 Å². The fraction of sp³-hybridized carbons (Fsp3) is 0.474. The van der Waals surface area contributed by atoms with Crippen LogP contribution in [0.15, 0.2) is 24.3 Å². The largest absolute Gasteiger partial charge is 0.508 e. The van der Waals surface area contributed by atoms with Crippen molar-refractivity contribution < 1.29 is 39.6 Å². The standard InChI is InChI=1S/C19H28N4O8S/c1-9(25)15(23-16(27)12(20)6-10-2-4-11(26)5-3-10)18(29)21-13(7-24)17(28)22-14(8-32)19(30)31/h2-5,9,12-15,24-26,32H,6-8,20H2,1H3,(H,21,29)(H,22,28)(H,23,27)(H,30,31). The molecule has 5 unspecified atom stereocenters. The summed E-state index contributed by atoms with van der Waals surface area (Å²) in [6.45, 7) is 0.364. The maximum atomic E-state index is 12.5. The topological polar surface area (TPSA) is 211 Å². The Morgan fingerprint density at radius 1 is 1.00 bits per heavy atom. The molecule has 0 bridgehead atoms. The lowest BCUT2D eigenvalue weighted by Crippen LogP contribution is -2.60. The fourth-order valence-electron chi connectivity index (χ4n) is 2.56. The first-order valence-corrected chi connectivity index (χ1v) is 10.2. The van der Waals surface area contributed by atoms with Gasteiger partial charge in [0.05, 0.1) is 18.8 Å². The summed E-state index contributed by atoms with van der Waals surface area (Å²) in [6.07, 6.45) is -1.30. The normalized spacial score (nSPS) is 15.5. The second kappa shape index (κ2) is 12.9. The Balaban J connectivity index is 2.78. The van der Waals surface area contributed by atoms with Gasteiger partial charge < -0.3 is 42.1 Å². The van der Waals surface area contributed by atoms with Crippen LogP contribution in [0.4, 0.5) is 0 Å². The molecule has 9 N–H and O–H groups in total. The fourth-order valence-corrected chi connectivity index (χ4v) is 2.81. The summed E-state index contributed by atoms with van der Waals surface area (Å²) in [5.74, 6) is -4.26. The zero-order chi connectivity index (χ0) is 24.4. The highest BCUT2D eigenvalue weighted by Gasteiger charge is 2.32. The molecule has 1 aromatic rings. The van der Waals surface area contributed by atoms with Gasteiger partial charge in [0.15, 0.2) is 0 Å². The number of amides is 3. The predicted octanol–water partition coefficient (Wildman–Crippen LogP) is -2.90. The summed E-state index contributed by atoms with van der Waals surface area (Å²) >= 11 is 3.80. The average Bonchev–Trinajstić information content (AvgIpc) is 2.74. The van der Waals surface area contributed by atoms with E-state index in [0.29, 0.717) is 5.56 Å². The summed E-state index contributed by atoms with van der Waals surface area (Å²) in [6, 6.07) is 0.522. The summed E-state index contributed by atoms with van der Waals surface area (Å²) in [4.78, 5) is 48.1. The molecule has 178 valence electrons. The van der Waals surface area contributed by atoms with Crippen LogP contribution in [0.1, 0.15) is 12.5 Å². The van der Waals surface area contributed by atoms with Crippen molar-refractivity contribution in [3.8, 4) is 5.75 Å². The number of aliphatic hydroxyl groups is 2. The molecule has 0 saturated carbocycles. The molecule has 13 heteroatoms. The molecule has 0 spiro atoms. The number of rotatable bonds is 12. The molecule has 12 nitrogen and oxygen atoms in total. The SMILES string of the molecule is CC(O)C(NC(=O)C(N)Cc1ccc(O)cc1)C(=O)NC(CO)C(=O)NC(CS)C(=O)O. The van der Waals surface area contributed by atoms with Crippen LogP contribution in [0.2, 0.25) is 0 Å². The third-order valence-electron chi connectivity index (χ3n) is 4.40. The average molecular weight is 473 g/mol. The third kappa shape index (κ3) is 8.34. The van der Waals surface area contributed by atoms with Gasteiger partial charge in [-0.25, -0.2) is 4.79 Å². The number of aliphatic hydroxyl groups excluding tert-OH is 2. The number of benzene rings is 1. The Bertz CT molecular complexity index is 805. The van der Waals surface area contributed by atoms with Crippen LogP contribution in [0.3, 0.4) is 0 Å². The van der Waals surface area contributed by atoms with Crippen LogP contribution < -0.4 is 21.7 Å². The molecule has 0 aliphatic rings. The van der Waals surface area contributed by atoms with E-state index >= 15 is 0 Å². The van der Waals surface area contributed by atoms with Crippen LogP contribution in [-0.4, -0.2) is 86.7 Å². The van der Waals surface area contributed by atoms with E-state index in [2.05, 4.69) is 28.6 Å². The lowest BCUT2D eigenvalue weighted by molar-refractivity contribution is -0.142. The number of thiol groups is 1. The number of nitrogens with one attached hydrogen (secondary N) is 3. The lowest BCUT2D eigenvalue weighted by Gasteiger charge is -2.25. The van der Waals surface area contributed by atoms with Crippen molar-refractivity contribution in [2.75, 3.05) is 12.4 Å². The summed E-state index contributed by atoms with van der Waals surface area (Å²) in [7, 11) is 0. The first-order valence-electron chi connectivity index (χ1n) is 9.57. The maximum absolute atomic E-state index is 12.5. The molecule has 5 atom stereocenters. The van der Waals surface area contributed by atoms with E-state index in [1.807, 2.05) is 0 Å². The van der Waals surface area contributed by atoms with Crippen molar-refractivity contribution in [3.05, 3.63) is 29.8 Å². The molecule has 0 fully saturated rings. The monoisotopic (exact) mass is 472 g/mol. The van der Waals surface area contributed by atoms with Gasteiger partial charge in [0.25, 0.3) is 0 Å². The number of carbonyl (C=O) groups is 4. The van der Waals surface area contributed by atoms with Crippen LogP contribution in [-0.2, 0) is 25.6 Å². The Morgan fingerprint density at radius 2 is 1.56 bits per heavy atom. The zero-order valence-electron chi connectivity index (χ0n) is 17.3. The molecular formula is C19H28N4O8S. The molecule has 0 aliphatic heterocycles. The minimum absolute atomic E-state index is 0.0455. The number of aliphatic carboxylic acids is 1. The maximum Gasteiger partial charge on any atom is 0.327 e. The van der Waals surface area contributed by atoms with E-state index in [0.717, 1.165) is 0 Å². The number of aromatic hydroxyl groups is 1. The van der Waals surface area contributed by atoms with Gasteiger partial charge in [-0.2, -0.15) is 12.6 Å². The molecule has 0 saturated heterocycles. The van der Waals surface area contributed by atoms with E-state index < -0.39 is 60.6 Å². The molecule has 0 aliphatic carbocycles. The Kier molecular flexibility index (Phi) is 10.9.